The van der Waals surface area contributed by atoms with Gasteiger partial charge >= 0.3 is 0 Å². The van der Waals surface area contributed by atoms with Crippen LogP contribution in [0.1, 0.15) is 0 Å². The minimum absolute atomic E-state index is 0.246. The summed E-state index contributed by atoms with van der Waals surface area (Å²) in [5.74, 6) is 1.27. The predicted octanol–water partition coefficient (Wildman–Crippen LogP) is 2.77. The molecule has 1 aromatic heterocycles. The molecule has 2 rings (SSSR count). The first-order chi connectivity index (χ1) is 9.99. The second-order valence-electron chi connectivity index (χ2n) is 3.93. The fraction of sp³-hybridized carbons (Fsp3) is 0.250. The number of sulfonamides is 1. The zero-order valence-electron chi connectivity index (χ0n) is 11.3. The standard InChI is InChI=1S/C12H13ClN2O4S2/c1-18-8-3-4-11(19-2)9(5-8)10-6-20-12(14-10)15-21(16,17)7-13/h3-6H,7H2,1-2H3,(H,14,15). The van der Waals surface area contributed by atoms with E-state index >= 15 is 0 Å². The molecule has 0 fully saturated rings. The number of nitrogens with one attached hydrogen (secondary N) is 1. The maximum atomic E-state index is 11.4. The Hall–Kier alpha value is -1.51. The molecule has 2 aromatic rings. The lowest BCUT2D eigenvalue weighted by Gasteiger charge is -2.08. The summed E-state index contributed by atoms with van der Waals surface area (Å²) in [6.45, 7) is 0. The third-order valence-corrected chi connectivity index (χ3v) is 5.11. The van der Waals surface area contributed by atoms with E-state index in [1.807, 2.05) is 0 Å². The van der Waals surface area contributed by atoms with Crippen LogP contribution < -0.4 is 14.2 Å². The van der Waals surface area contributed by atoms with Crippen molar-refractivity contribution in [2.45, 2.75) is 0 Å². The second kappa shape index (κ2) is 6.50. The highest BCUT2D eigenvalue weighted by atomic mass is 35.5. The number of alkyl halides is 1. The maximum absolute atomic E-state index is 11.4. The number of rotatable bonds is 6. The molecule has 21 heavy (non-hydrogen) atoms. The topological polar surface area (TPSA) is 77.5 Å². The van der Waals surface area contributed by atoms with Crippen LogP contribution in [0.25, 0.3) is 11.3 Å². The fourth-order valence-electron chi connectivity index (χ4n) is 1.62. The Morgan fingerprint density at radius 1 is 1.33 bits per heavy atom. The van der Waals surface area contributed by atoms with E-state index in [0.717, 1.165) is 11.3 Å². The Kier molecular flexibility index (Phi) is 4.92. The van der Waals surface area contributed by atoms with Gasteiger partial charge in [-0.25, -0.2) is 13.4 Å². The van der Waals surface area contributed by atoms with Crippen LogP contribution in [0.5, 0.6) is 11.5 Å². The summed E-state index contributed by atoms with van der Waals surface area (Å²) in [6.07, 6.45) is 0. The maximum Gasteiger partial charge on any atom is 0.248 e. The van der Waals surface area contributed by atoms with E-state index in [-0.39, 0.29) is 5.13 Å². The number of anilines is 1. The highest BCUT2D eigenvalue weighted by Crippen LogP contribution is 2.35. The molecule has 0 bridgehead atoms. The average molecular weight is 349 g/mol. The van der Waals surface area contributed by atoms with Crippen molar-refractivity contribution in [3.05, 3.63) is 23.6 Å². The molecule has 6 nitrogen and oxygen atoms in total. The summed E-state index contributed by atoms with van der Waals surface area (Å²) >= 11 is 6.51. The first kappa shape index (κ1) is 15.9. The minimum atomic E-state index is -3.56. The summed E-state index contributed by atoms with van der Waals surface area (Å²) in [6, 6.07) is 5.30. The van der Waals surface area contributed by atoms with E-state index in [1.165, 1.54) is 0 Å². The largest absolute Gasteiger partial charge is 0.497 e. The summed E-state index contributed by atoms with van der Waals surface area (Å²) in [7, 11) is -0.450. The van der Waals surface area contributed by atoms with Crippen molar-refractivity contribution in [1.82, 2.24) is 4.98 Å². The van der Waals surface area contributed by atoms with Gasteiger partial charge in [-0.3, -0.25) is 4.72 Å². The van der Waals surface area contributed by atoms with Crippen LogP contribution in [0.2, 0.25) is 0 Å². The zero-order valence-corrected chi connectivity index (χ0v) is 13.7. The van der Waals surface area contributed by atoms with Crippen molar-refractivity contribution in [1.29, 1.82) is 0 Å². The van der Waals surface area contributed by atoms with Crippen LogP contribution in [0.15, 0.2) is 23.6 Å². The van der Waals surface area contributed by atoms with Gasteiger partial charge < -0.3 is 9.47 Å². The molecule has 9 heteroatoms. The number of ether oxygens (including phenoxy) is 2. The van der Waals surface area contributed by atoms with Gasteiger partial charge in [-0.1, -0.05) is 0 Å². The quantitative estimate of drug-likeness (QED) is 0.812. The number of hydrogen-bond acceptors (Lipinski definition) is 6. The molecule has 0 atom stereocenters. The van der Waals surface area contributed by atoms with Crippen LogP contribution in [0.4, 0.5) is 5.13 Å². The van der Waals surface area contributed by atoms with Crippen LogP contribution in [-0.4, -0.2) is 32.8 Å². The van der Waals surface area contributed by atoms with Crippen molar-refractivity contribution in [2.75, 3.05) is 24.2 Å². The van der Waals surface area contributed by atoms with Crippen molar-refractivity contribution in [2.24, 2.45) is 0 Å². The number of methoxy groups -OCH3 is 2. The molecule has 1 heterocycles. The normalized spacial score (nSPS) is 11.2. The van der Waals surface area contributed by atoms with Gasteiger partial charge in [0.1, 0.15) is 16.7 Å². The summed E-state index contributed by atoms with van der Waals surface area (Å²) in [5.41, 5.74) is 1.30. The molecule has 0 saturated carbocycles. The number of hydrogen-bond donors (Lipinski definition) is 1. The van der Waals surface area contributed by atoms with Gasteiger partial charge in [0.2, 0.25) is 10.0 Å². The number of thiazole rings is 1. The Balaban J connectivity index is 2.37. The third kappa shape index (κ3) is 3.78. The molecule has 0 saturated heterocycles. The number of benzene rings is 1. The van der Waals surface area contributed by atoms with Crippen molar-refractivity contribution < 1.29 is 17.9 Å². The molecule has 114 valence electrons. The lowest BCUT2D eigenvalue weighted by atomic mass is 10.1. The summed E-state index contributed by atoms with van der Waals surface area (Å²) in [4.78, 5) is 4.23. The van der Waals surface area contributed by atoms with Crippen LogP contribution in [0.3, 0.4) is 0 Å². The van der Waals surface area contributed by atoms with Gasteiger partial charge in [0, 0.05) is 10.9 Å². The molecule has 0 unspecified atom stereocenters. The van der Waals surface area contributed by atoms with Gasteiger partial charge in [0.15, 0.2) is 5.13 Å². The van der Waals surface area contributed by atoms with Crippen LogP contribution in [0, 0.1) is 0 Å². The Labute approximate surface area is 131 Å². The highest BCUT2D eigenvalue weighted by Gasteiger charge is 2.14. The predicted molar refractivity (Wildman–Crippen MR) is 83.9 cm³/mol. The average Bonchev–Trinajstić information content (AvgIpc) is 2.94. The van der Waals surface area contributed by atoms with E-state index in [1.54, 1.807) is 37.8 Å². The van der Waals surface area contributed by atoms with Gasteiger partial charge in [-0.2, -0.15) is 0 Å². The van der Waals surface area contributed by atoms with Gasteiger partial charge in [-0.15, -0.1) is 22.9 Å². The Morgan fingerprint density at radius 2 is 2.10 bits per heavy atom. The molecule has 0 aliphatic heterocycles. The molecule has 0 amide bonds. The number of halogens is 1. The van der Waals surface area contributed by atoms with Gasteiger partial charge in [0.05, 0.1) is 19.9 Å². The van der Waals surface area contributed by atoms with Crippen molar-refractivity contribution >= 4 is 38.1 Å². The minimum Gasteiger partial charge on any atom is -0.497 e. The molecule has 0 spiro atoms. The smallest absolute Gasteiger partial charge is 0.248 e. The molecule has 1 N–H and O–H groups in total. The summed E-state index contributed by atoms with van der Waals surface area (Å²) in [5, 5.41) is 1.45. The molecule has 0 radical (unpaired) electrons. The molecular weight excluding hydrogens is 336 g/mol. The monoisotopic (exact) mass is 348 g/mol. The zero-order chi connectivity index (χ0) is 15.5. The van der Waals surface area contributed by atoms with E-state index in [9.17, 15) is 8.42 Å². The first-order valence-electron chi connectivity index (χ1n) is 5.73. The highest BCUT2D eigenvalue weighted by molar-refractivity contribution is 7.94. The lowest BCUT2D eigenvalue weighted by Crippen LogP contribution is -2.13. The first-order valence-corrected chi connectivity index (χ1v) is 8.80. The van der Waals surface area contributed by atoms with E-state index in [4.69, 9.17) is 21.1 Å². The lowest BCUT2D eigenvalue weighted by molar-refractivity contribution is 0.404. The Bertz CT molecular complexity index is 731. The van der Waals surface area contributed by atoms with Gasteiger partial charge in [-0.05, 0) is 18.2 Å². The number of aromatic nitrogens is 1. The third-order valence-electron chi connectivity index (χ3n) is 2.57. The van der Waals surface area contributed by atoms with Crippen LogP contribution in [-0.2, 0) is 10.0 Å². The number of nitrogens with zero attached hydrogens (tertiary/aromatic N) is 1. The second-order valence-corrected chi connectivity index (χ2v) is 7.09. The molecule has 0 aliphatic carbocycles. The Morgan fingerprint density at radius 3 is 2.71 bits per heavy atom. The molecule has 1 aromatic carbocycles. The van der Waals surface area contributed by atoms with Gasteiger partial charge in [0.25, 0.3) is 0 Å². The van der Waals surface area contributed by atoms with Crippen LogP contribution >= 0.6 is 22.9 Å². The summed E-state index contributed by atoms with van der Waals surface area (Å²) < 4.78 is 35.6. The van der Waals surface area contributed by atoms with E-state index < -0.39 is 15.2 Å². The molecular formula is C12H13ClN2O4S2. The van der Waals surface area contributed by atoms with E-state index in [2.05, 4.69) is 9.71 Å². The molecule has 0 aliphatic rings. The SMILES string of the molecule is COc1ccc(OC)c(-c2csc(NS(=O)(=O)CCl)n2)c1. The fourth-order valence-corrected chi connectivity index (χ4v) is 3.28. The van der Waals surface area contributed by atoms with E-state index in [0.29, 0.717) is 22.8 Å². The van der Waals surface area contributed by atoms with Crippen molar-refractivity contribution in [3.8, 4) is 22.8 Å². The van der Waals surface area contributed by atoms with Crippen molar-refractivity contribution in [3.63, 3.8) is 0 Å².